The number of alkyl halides is 3. The molecule has 1 aromatic heterocycles. The van der Waals surface area contributed by atoms with Crippen LogP contribution in [0.4, 0.5) is 13.2 Å². The lowest BCUT2D eigenvalue weighted by atomic mass is 10.5. The summed E-state index contributed by atoms with van der Waals surface area (Å²) in [5.74, 6) is -2.06. The van der Waals surface area contributed by atoms with Crippen molar-refractivity contribution in [1.82, 2.24) is 0 Å². The Morgan fingerprint density at radius 1 is 1.44 bits per heavy atom. The quantitative estimate of drug-likeness (QED) is 0.585. The van der Waals surface area contributed by atoms with E-state index in [2.05, 4.69) is 0 Å². The van der Waals surface area contributed by atoms with Crippen molar-refractivity contribution in [2.45, 2.75) is 6.18 Å². The number of ether oxygens (including phenoxy) is 1. The molecule has 0 aromatic carbocycles. The van der Waals surface area contributed by atoms with Crippen LogP contribution in [0, 0.1) is 5.21 Å². The van der Waals surface area contributed by atoms with Crippen LogP contribution < -0.4 is 9.47 Å². The van der Waals surface area contributed by atoms with E-state index in [9.17, 15) is 18.4 Å². The first-order valence-corrected chi connectivity index (χ1v) is 3.80. The van der Waals surface area contributed by atoms with Crippen molar-refractivity contribution in [3.05, 3.63) is 29.7 Å². The minimum absolute atomic E-state index is 0.696. The lowest BCUT2D eigenvalue weighted by molar-refractivity contribution is -0.605. The van der Waals surface area contributed by atoms with Crippen LogP contribution in [0.15, 0.2) is 24.5 Å². The average Bonchev–Trinajstić information content (AvgIpc) is 2.18. The van der Waals surface area contributed by atoms with Crippen molar-refractivity contribution < 1.29 is 32.5 Å². The summed E-state index contributed by atoms with van der Waals surface area (Å²) in [5, 5.41) is 17.5. The summed E-state index contributed by atoms with van der Waals surface area (Å²) in [4.78, 5) is 8.90. The monoisotopic (exact) mass is 239 g/mol. The SMILES string of the molecule is COc1cc[n+]([O-])cc1.O=C(O)C(F)(F)F. The topological polar surface area (TPSA) is 73.5 Å². The summed E-state index contributed by atoms with van der Waals surface area (Å²) < 4.78 is 37.3. The van der Waals surface area contributed by atoms with E-state index in [1.165, 1.54) is 12.4 Å². The third-order valence-electron chi connectivity index (χ3n) is 1.25. The molecule has 0 aliphatic carbocycles. The van der Waals surface area contributed by atoms with E-state index in [4.69, 9.17) is 14.6 Å². The number of carboxylic acids is 1. The number of carboxylic acid groups (broad SMARTS) is 1. The fourth-order valence-electron chi connectivity index (χ4n) is 0.535. The third-order valence-corrected chi connectivity index (χ3v) is 1.25. The maximum Gasteiger partial charge on any atom is 0.490 e. The van der Waals surface area contributed by atoms with Crippen LogP contribution in [0.5, 0.6) is 5.75 Å². The van der Waals surface area contributed by atoms with Crippen LogP contribution in [-0.4, -0.2) is 24.4 Å². The van der Waals surface area contributed by atoms with Crippen molar-refractivity contribution >= 4 is 5.97 Å². The number of rotatable bonds is 1. The highest BCUT2D eigenvalue weighted by Gasteiger charge is 2.38. The van der Waals surface area contributed by atoms with Gasteiger partial charge in [0.05, 0.1) is 7.11 Å². The molecule has 1 rings (SSSR count). The maximum atomic E-state index is 10.6. The number of hydrogen-bond acceptors (Lipinski definition) is 3. The Morgan fingerprint density at radius 3 is 2.06 bits per heavy atom. The molecule has 8 heteroatoms. The molecule has 0 aliphatic rings. The Balaban J connectivity index is 0.000000293. The summed E-state index contributed by atoms with van der Waals surface area (Å²) >= 11 is 0. The Labute approximate surface area is 88.3 Å². The average molecular weight is 239 g/mol. The Morgan fingerprint density at radius 2 is 1.81 bits per heavy atom. The molecule has 1 aromatic rings. The zero-order valence-electron chi connectivity index (χ0n) is 8.06. The van der Waals surface area contributed by atoms with Crippen LogP contribution in [0.1, 0.15) is 0 Å². The van der Waals surface area contributed by atoms with Crippen LogP contribution in [0.3, 0.4) is 0 Å². The largest absolute Gasteiger partial charge is 0.619 e. The molecular formula is C8H8F3NO4. The van der Waals surface area contributed by atoms with Crippen LogP contribution in [0.2, 0.25) is 0 Å². The standard InChI is InChI=1S/C6H7NO2.C2HF3O2/c1-9-6-2-4-7(8)5-3-6;3-2(4,5)1(6)7/h2-5H,1H3;(H,6,7). The number of pyridine rings is 1. The van der Waals surface area contributed by atoms with Gasteiger partial charge in [0, 0.05) is 12.1 Å². The minimum atomic E-state index is -5.08. The van der Waals surface area contributed by atoms with Gasteiger partial charge in [-0.2, -0.15) is 17.9 Å². The second-order valence-corrected chi connectivity index (χ2v) is 2.40. The van der Waals surface area contributed by atoms with Crippen molar-refractivity contribution in [2.24, 2.45) is 0 Å². The van der Waals surface area contributed by atoms with E-state index in [0.717, 1.165) is 0 Å². The Hall–Kier alpha value is -1.99. The van der Waals surface area contributed by atoms with Crippen LogP contribution in [-0.2, 0) is 4.79 Å². The van der Waals surface area contributed by atoms with E-state index >= 15 is 0 Å². The van der Waals surface area contributed by atoms with Gasteiger partial charge in [-0.15, -0.1) is 0 Å². The highest BCUT2D eigenvalue weighted by molar-refractivity contribution is 5.73. The molecule has 0 bridgehead atoms. The highest BCUT2D eigenvalue weighted by Crippen LogP contribution is 2.13. The lowest BCUT2D eigenvalue weighted by Gasteiger charge is -1.96. The molecular weight excluding hydrogens is 231 g/mol. The zero-order chi connectivity index (χ0) is 12.8. The summed E-state index contributed by atoms with van der Waals surface area (Å²) in [7, 11) is 1.56. The number of aromatic nitrogens is 1. The van der Waals surface area contributed by atoms with E-state index in [-0.39, 0.29) is 0 Å². The molecule has 0 unspecified atom stereocenters. The molecule has 5 nitrogen and oxygen atoms in total. The zero-order valence-corrected chi connectivity index (χ0v) is 8.06. The first kappa shape index (κ1) is 14.0. The molecule has 0 amide bonds. The summed E-state index contributed by atoms with van der Waals surface area (Å²) in [6.07, 6.45) is -2.31. The first-order chi connectivity index (χ1) is 7.27. The summed E-state index contributed by atoms with van der Waals surface area (Å²) in [6.45, 7) is 0. The first-order valence-electron chi connectivity index (χ1n) is 3.80. The van der Waals surface area contributed by atoms with Gasteiger partial charge in [-0.1, -0.05) is 0 Å². The van der Waals surface area contributed by atoms with Gasteiger partial charge < -0.3 is 15.1 Å². The third kappa shape index (κ3) is 5.68. The lowest BCUT2D eigenvalue weighted by Crippen LogP contribution is -2.23. The molecule has 0 saturated heterocycles. The van der Waals surface area contributed by atoms with Crippen molar-refractivity contribution in [3.63, 3.8) is 0 Å². The van der Waals surface area contributed by atoms with Crippen LogP contribution >= 0.6 is 0 Å². The van der Waals surface area contributed by atoms with E-state index in [0.29, 0.717) is 10.5 Å². The van der Waals surface area contributed by atoms with Gasteiger partial charge >= 0.3 is 12.1 Å². The van der Waals surface area contributed by atoms with E-state index < -0.39 is 12.1 Å². The summed E-state index contributed by atoms with van der Waals surface area (Å²) in [6, 6.07) is 3.21. The smallest absolute Gasteiger partial charge is 0.490 e. The second-order valence-electron chi connectivity index (χ2n) is 2.40. The number of hydrogen-bond donors (Lipinski definition) is 1. The van der Waals surface area contributed by atoms with Gasteiger partial charge in [0.1, 0.15) is 5.75 Å². The number of carbonyl (C=O) groups is 1. The molecule has 0 fully saturated rings. The number of aliphatic carboxylic acids is 1. The summed E-state index contributed by atoms with van der Waals surface area (Å²) in [5.41, 5.74) is 0. The Bertz CT molecular complexity index is 336. The predicted octanol–water partition coefficient (Wildman–Crippen LogP) is 0.962. The molecule has 0 aliphatic heterocycles. The van der Waals surface area contributed by atoms with E-state index in [1.54, 1.807) is 19.2 Å². The van der Waals surface area contributed by atoms with Gasteiger partial charge in [-0.05, 0) is 0 Å². The van der Waals surface area contributed by atoms with Gasteiger partial charge in [0.15, 0.2) is 12.4 Å². The van der Waals surface area contributed by atoms with Crippen molar-refractivity contribution in [3.8, 4) is 5.75 Å². The van der Waals surface area contributed by atoms with Gasteiger partial charge in [0.25, 0.3) is 0 Å². The van der Waals surface area contributed by atoms with Crippen LogP contribution in [0.25, 0.3) is 0 Å². The number of nitrogens with zero attached hydrogens (tertiary/aromatic N) is 1. The molecule has 0 spiro atoms. The van der Waals surface area contributed by atoms with Crippen molar-refractivity contribution in [1.29, 1.82) is 0 Å². The molecule has 1 heterocycles. The maximum absolute atomic E-state index is 10.6. The van der Waals surface area contributed by atoms with Gasteiger partial charge in [0.2, 0.25) is 0 Å². The highest BCUT2D eigenvalue weighted by atomic mass is 19.4. The number of methoxy groups -OCH3 is 1. The molecule has 0 saturated carbocycles. The molecule has 1 N–H and O–H groups in total. The van der Waals surface area contributed by atoms with E-state index in [1.807, 2.05) is 0 Å². The molecule has 0 atom stereocenters. The van der Waals surface area contributed by atoms with Gasteiger partial charge in [-0.25, -0.2) is 4.79 Å². The molecule has 90 valence electrons. The fraction of sp³-hybridized carbons (Fsp3) is 0.250. The molecule has 0 radical (unpaired) electrons. The molecule has 16 heavy (non-hydrogen) atoms. The fourth-order valence-corrected chi connectivity index (χ4v) is 0.535. The minimum Gasteiger partial charge on any atom is -0.619 e. The second kappa shape index (κ2) is 5.79. The van der Waals surface area contributed by atoms with Gasteiger partial charge in [-0.3, -0.25) is 0 Å². The predicted molar refractivity (Wildman–Crippen MR) is 45.6 cm³/mol. The van der Waals surface area contributed by atoms with Crippen molar-refractivity contribution in [2.75, 3.05) is 7.11 Å². The number of halogens is 3. The normalized spacial score (nSPS) is 10.0. The Kier molecular flexibility index (Phi) is 5.07.